The van der Waals surface area contributed by atoms with E-state index in [1.165, 1.54) is 12.8 Å². The van der Waals surface area contributed by atoms with E-state index in [1.807, 2.05) is 24.3 Å². The quantitative estimate of drug-likeness (QED) is 0.633. The Kier molecular flexibility index (Phi) is 4.37. The number of nitrogen functional groups attached to an aromatic ring is 1. The van der Waals surface area contributed by atoms with Crippen molar-refractivity contribution >= 4 is 5.84 Å². The molecule has 1 aromatic rings. The zero-order chi connectivity index (χ0) is 13.0. The standard InChI is InChI=1S/C15H22N2O/c1-11-5-4-7-13(9-11)18-10-12-6-2-3-8-14(12)15(16)17/h2-3,6,8,11,13H,4-5,7,9-10H2,1H3,(H3,16,17). The van der Waals surface area contributed by atoms with Crippen LogP contribution in [0.4, 0.5) is 0 Å². The van der Waals surface area contributed by atoms with Gasteiger partial charge in [-0.05, 0) is 24.3 Å². The summed E-state index contributed by atoms with van der Waals surface area (Å²) in [6.07, 6.45) is 5.27. The van der Waals surface area contributed by atoms with Gasteiger partial charge in [-0.3, -0.25) is 5.41 Å². The van der Waals surface area contributed by atoms with Crippen LogP contribution in [0.15, 0.2) is 24.3 Å². The van der Waals surface area contributed by atoms with Crippen LogP contribution in [-0.4, -0.2) is 11.9 Å². The summed E-state index contributed by atoms with van der Waals surface area (Å²) in [7, 11) is 0. The molecule has 18 heavy (non-hydrogen) atoms. The second kappa shape index (κ2) is 6.01. The van der Waals surface area contributed by atoms with E-state index in [-0.39, 0.29) is 5.84 Å². The molecule has 1 fully saturated rings. The largest absolute Gasteiger partial charge is 0.384 e. The Bertz CT molecular complexity index is 417. The summed E-state index contributed by atoms with van der Waals surface area (Å²) < 4.78 is 5.98. The van der Waals surface area contributed by atoms with Gasteiger partial charge in [-0.2, -0.15) is 0 Å². The Labute approximate surface area is 109 Å². The zero-order valence-corrected chi connectivity index (χ0v) is 11.0. The molecule has 1 aliphatic rings. The molecule has 1 saturated carbocycles. The fraction of sp³-hybridized carbons (Fsp3) is 0.533. The van der Waals surface area contributed by atoms with E-state index < -0.39 is 0 Å². The Balaban J connectivity index is 1.95. The molecule has 0 heterocycles. The number of benzene rings is 1. The number of nitrogens with two attached hydrogens (primary N) is 1. The maximum atomic E-state index is 7.55. The average Bonchev–Trinajstić information content (AvgIpc) is 2.37. The predicted molar refractivity (Wildman–Crippen MR) is 73.7 cm³/mol. The second-order valence-electron chi connectivity index (χ2n) is 5.28. The fourth-order valence-corrected chi connectivity index (χ4v) is 2.65. The molecule has 1 aliphatic carbocycles. The highest BCUT2D eigenvalue weighted by molar-refractivity contribution is 5.96. The summed E-state index contributed by atoms with van der Waals surface area (Å²) in [5.41, 5.74) is 7.38. The maximum absolute atomic E-state index is 7.55. The molecule has 0 saturated heterocycles. The summed E-state index contributed by atoms with van der Waals surface area (Å²) in [6, 6.07) is 7.74. The summed E-state index contributed by atoms with van der Waals surface area (Å²) in [4.78, 5) is 0. The highest BCUT2D eigenvalue weighted by Crippen LogP contribution is 2.26. The van der Waals surface area contributed by atoms with Gasteiger partial charge in [0, 0.05) is 5.56 Å². The monoisotopic (exact) mass is 246 g/mol. The van der Waals surface area contributed by atoms with E-state index in [1.54, 1.807) is 0 Å². The third-order valence-electron chi connectivity index (χ3n) is 3.67. The molecule has 3 nitrogen and oxygen atoms in total. The first kappa shape index (κ1) is 13.1. The molecule has 2 unspecified atom stereocenters. The first-order valence-electron chi connectivity index (χ1n) is 6.70. The van der Waals surface area contributed by atoms with Crippen molar-refractivity contribution in [2.45, 2.75) is 45.3 Å². The number of amidine groups is 1. The lowest BCUT2D eigenvalue weighted by molar-refractivity contribution is 0.00461. The molecule has 0 aliphatic heterocycles. The fourth-order valence-electron chi connectivity index (χ4n) is 2.65. The van der Waals surface area contributed by atoms with Crippen molar-refractivity contribution in [3.05, 3.63) is 35.4 Å². The van der Waals surface area contributed by atoms with Crippen molar-refractivity contribution < 1.29 is 4.74 Å². The van der Waals surface area contributed by atoms with Gasteiger partial charge in [-0.25, -0.2) is 0 Å². The molecule has 0 bridgehead atoms. The van der Waals surface area contributed by atoms with Gasteiger partial charge in [-0.15, -0.1) is 0 Å². The molecule has 0 amide bonds. The van der Waals surface area contributed by atoms with Crippen LogP contribution in [0.25, 0.3) is 0 Å². The Morgan fingerprint density at radius 3 is 2.89 bits per heavy atom. The highest BCUT2D eigenvalue weighted by atomic mass is 16.5. The molecule has 0 radical (unpaired) electrons. The average molecular weight is 246 g/mol. The first-order valence-corrected chi connectivity index (χ1v) is 6.70. The lowest BCUT2D eigenvalue weighted by Gasteiger charge is -2.27. The van der Waals surface area contributed by atoms with Gasteiger partial charge in [0.05, 0.1) is 12.7 Å². The van der Waals surface area contributed by atoms with Crippen LogP contribution >= 0.6 is 0 Å². The predicted octanol–water partition coefficient (Wildman–Crippen LogP) is 3.07. The van der Waals surface area contributed by atoms with Crippen molar-refractivity contribution in [2.75, 3.05) is 0 Å². The normalized spacial score (nSPS) is 23.8. The summed E-state index contributed by atoms with van der Waals surface area (Å²) in [5, 5.41) is 7.55. The smallest absolute Gasteiger partial charge is 0.123 e. The third-order valence-corrected chi connectivity index (χ3v) is 3.67. The molecule has 2 rings (SSSR count). The van der Waals surface area contributed by atoms with Crippen LogP contribution in [-0.2, 0) is 11.3 Å². The van der Waals surface area contributed by atoms with Crippen LogP contribution in [0.2, 0.25) is 0 Å². The van der Waals surface area contributed by atoms with Crippen molar-refractivity contribution in [1.29, 1.82) is 5.41 Å². The molecular weight excluding hydrogens is 224 g/mol. The van der Waals surface area contributed by atoms with E-state index in [0.29, 0.717) is 12.7 Å². The van der Waals surface area contributed by atoms with Gasteiger partial charge < -0.3 is 10.5 Å². The van der Waals surface area contributed by atoms with Crippen LogP contribution in [0.1, 0.15) is 43.7 Å². The summed E-state index contributed by atoms with van der Waals surface area (Å²) in [5.74, 6) is 0.887. The Hall–Kier alpha value is -1.35. The molecule has 0 aromatic heterocycles. The van der Waals surface area contributed by atoms with Gasteiger partial charge in [0.2, 0.25) is 0 Å². The van der Waals surface area contributed by atoms with Crippen molar-refractivity contribution in [3.8, 4) is 0 Å². The molecule has 0 spiro atoms. The molecule has 2 atom stereocenters. The van der Waals surface area contributed by atoms with E-state index in [2.05, 4.69) is 6.92 Å². The molecule has 1 aromatic carbocycles. The zero-order valence-electron chi connectivity index (χ0n) is 11.0. The lowest BCUT2D eigenvalue weighted by Crippen LogP contribution is -2.22. The number of ether oxygens (including phenoxy) is 1. The van der Waals surface area contributed by atoms with Gasteiger partial charge >= 0.3 is 0 Å². The molecule has 3 heteroatoms. The lowest BCUT2D eigenvalue weighted by atomic mass is 9.89. The highest BCUT2D eigenvalue weighted by Gasteiger charge is 2.19. The summed E-state index contributed by atoms with van der Waals surface area (Å²) >= 11 is 0. The van der Waals surface area contributed by atoms with E-state index in [0.717, 1.165) is 29.9 Å². The Morgan fingerprint density at radius 2 is 2.17 bits per heavy atom. The van der Waals surface area contributed by atoms with Gasteiger partial charge in [0.1, 0.15) is 5.84 Å². The van der Waals surface area contributed by atoms with Crippen LogP contribution in [0, 0.1) is 11.3 Å². The minimum absolute atomic E-state index is 0.117. The van der Waals surface area contributed by atoms with E-state index in [9.17, 15) is 0 Å². The molecule has 98 valence electrons. The molecule has 3 N–H and O–H groups in total. The van der Waals surface area contributed by atoms with Crippen LogP contribution in [0.3, 0.4) is 0 Å². The van der Waals surface area contributed by atoms with Crippen molar-refractivity contribution in [1.82, 2.24) is 0 Å². The van der Waals surface area contributed by atoms with Crippen LogP contribution in [0.5, 0.6) is 0 Å². The van der Waals surface area contributed by atoms with E-state index >= 15 is 0 Å². The number of hydrogen-bond donors (Lipinski definition) is 2. The Morgan fingerprint density at radius 1 is 1.39 bits per heavy atom. The second-order valence-corrected chi connectivity index (χ2v) is 5.28. The van der Waals surface area contributed by atoms with Gasteiger partial charge in [-0.1, -0.05) is 44.0 Å². The summed E-state index contributed by atoms with van der Waals surface area (Å²) in [6.45, 7) is 2.85. The number of rotatable bonds is 4. The topological polar surface area (TPSA) is 59.1 Å². The number of nitrogens with one attached hydrogen (secondary N) is 1. The minimum Gasteiger partial charge on any atom is -0.384 e. The van der Waals surface area contributed by atoms with Gasteiger partial charge in [0.25, 0.3) is 0 Å². The van der Waals surface area contributed by atoms with Crippen molar-refractivity contribution in [3.63, 3.8) is 0 Å². The first-order chi connectivity index (χ1) is 8.66. The maximum Gasteiger partial charge on any atom is 0.123 e. The minimum atomic E-state index is 0.117. The van der Waals surface area contributed by atoms with E-state index in [4.69, 9.17) is 15.9 Å². The van der Waals surface area contributed by atoms with Crippen molar-refractivity contribution in [2.24, 2.45) is 11.7 Å². The van der Waals surface area contributed by atoms with Gasteiger partial charge in [0.15, 0.2) is 0 Å². The number of hydrogen-bond acceptors (Lipinski definition) is 2. The van der Waals surface area contributed by atoms with Crippen LogP contribution < -0.4 is 5.73 Å². The molecular formula is C15H22N2O. The SMILES string of the molecule is CC1CCCC(OCc2ccccc2C(=N)N)C1. The third kappa shape index (κ3) is 3.33.